The number of aliphatic hydroxyl groups is 2. The molecule has 1 radical (unpaired) electrons. The average Bonchev–Trinajstić information content (AvgIpc) is 3.70. The third kappa shape index (κ3) is 15.9. The summed E-state index contributed by atoms with van der Waals surface area (Å²) in [6, 6.07) is 42.0. The van der Waals surface area contributed by atoms with Crippen LogP contribution >= 0.6 is 0 Å². The first kappa shape index (κ1) is 38.3. The quantitative estimate of drug-likeness (QED) is 0.127. The summed E-state index contributed by atoms with van der Waals surface area (Å²) >= 11 is 0. The number of hydrogen-bond donors (Lipinski definition) is 2. The van der Waals surface area contributed by atoms with Gasteiger partial charge in [-0.25, -0.2) is 0 Å². The van der Waals surface area contributed by atoms with E-state index in [4.69, 9.17) is 5.11 Å². The number of aliphatic hydroxyl groups excluding tert-OH is 2. The molecule has 6 rings (SSSR count). The van der Waals surface area contributed by atoms with E-state index in [0.29, 0.717) is 6.42 Å². The molecule has 2 aromatic heterocycles. The Bertz CT molecular complexity index is 1300. The van der Waals surface area contributed by atoms with Crippen LogP contribution in [0.1, 0.15) is 63.5 Å². The molecule has 4 nitrogen and oxygen atoms in total. The van der Waals surface area contributed by atoms with Crippen molar-refractivity contribution in [3.8, 4) is 22.5 Å². The minimum absolute atomic E-state index is 0. The minimum Gasteiger partial charge on any atom is -0.513 e. The van der Waals surface area contributed by atoms with Gasteiger partial charge in [-0.1, -0.05) is 87.6 Å². The molecule has 1 aliphatic carbocycles. The predicted octanol–water partition coefficient (Wildman–Crippen LogP) is 10.0. The van der Waals surface area contributed by atoms with Crippen molar-refractivity contribution in [2.24, 2.45) is 0 Å². The zero-order valence-electron chi connectivity index (χ0n) is 27.0. The van der Waals surface area contributed by atoms with Crippen LogP contribution in [0.15, 0.2) is 133 Å². The topological polar surface area (TPSA) is 66.2 Å². The van der Waals surface area contributed by atoms with E-state index in [0.717, 1.165) is 35.4 Å². The monoisotopic (exact) mass is 791 g/mol. The Morgan fingerprint density at radius 2 is 1.15 bits per heavy atom. The zero-order valence-corrected chi connectivity index (χ0v) is 29.4. The SMILES string of the molecule is C1CCCC1.CCc1ccc(CCC(O)=CC(C)O)cc1.[Ir].[c-]1ccccc1-c1ccccn1.[c-]1ccccc1-c1ccccn1. The normalized spacial score (nSPS) is 12.5. The van der Waals surface area contributed by atoms with Crippen LogP contribution in [-0.2, 0) is 32.9 Å². The molecule has 0 saturated heterocycles. The fourth-order valence-corrected chi connectivity index (χ4v) is 4.61. The Hall–Kier alpha value is -3.89. The number of nitrogens with zero attached hydrogens (tertiary/aromatic N) is 2. The van der Waals surface area contributed by atoms with Crippen LogP contribution < -0.4 is 0 Å². The molecule has 1 aliphatic rings. The second-order valence-corrected chi connectivity index (χ2v) is 10.8. The molecule has 0 amide bonds. The Labute approximate surface area is 289 Å². The molecule has 2 N–H and O–H groups in total. The van der Waals surface area contributed by atoms with Crippen molar-refractivity contribution in [3.05, 3.63) is 157 Å². The molecule has 1 atom stereocenters. The van der Waals surface area contributed by atoms with Crippen molar-refractivity contribution in [2.75, 3.05) is 0 Å². The van der Waals surface area contributed by atoms with E-state index in [-0.39, 0.29) is 25.9 Å². The van der Waals surface area contributed by atoms with Crippen molar-refractivity contribution in [1.29, 1.82) is 0 Å². The van der Waals surface area contributed by atoms with Crippen molar-refractivity contribution in [1.82, 2.24) is 9.97 Å². The van der Waals surface area contributed by atoms with Gasteiger partial charge in [0, 0.05) is 38.9 Å². The summed E-state index contributed by atoms with van der Waals surface area (Å²) in [6.45, 7) is 3.76. The second-order valence-electron chi connectivity index (χ2n) is 10.8. The van der Waals surface area contributed by atoms with Crippen LogP contribution in [0, 0.1) is 12.1 Å². The van der Waals surface area contributed by atoms with Crippen LogP contribution in [-0.4, -0.2) is 26.3 Å². The number of allylic oxidation sites excluding steroid dienone is 1. The fourth-order valence-electron chi connectivity index (χ4n) is 4.61. The zero-order chi connectivity index (χ0) is 32.0. The van der Waals surface area contributed by atoms with Gasteiger partial charge in [0.1, 0.15) is 0 Å². The van der Waals surface area contributed by atoms with E-state index in [2.05, 4.69) is 53.3 Å². The first-order valence-electron chi connectivity index (χ1n) is 16.0. The first-order valence-corrected chi connectivity index (χ1v) is 16.0. The third-order valence-corrected chi connectivity index (χ3v) is 7.08. The Morgan fingerprint density at radius 3 is 1.52 bits per heavy atom. The molecule has 5 aromatic rings. The van der Waals surface area contributed by atoms with E-state index in [1.807, 2.05) is 84.9 Å². The molecule has 46 heavy (non-hydrogen) atoms. The van der Waals surface area contributed by atoms with Crippen molar-refractivity contribution >= 4 is 0 Å². The molecule has 1 fully saturated rings. The van der Waals surface area contributed by atoms with E-state index < -0.39 is 6.10 Å². The summed E-state index contributed by atoms with van der Waals surface area (Å²) in [5.74, 6) is 0.259. The molecule has 1 saturated carbocycles. The largest absolute Gasteiger partial charge is 0.513 e. The maximum atomic E-state index is 9.48. The van der Waals surface area contributed by atoms with Gasteiger partial charge < -0.3 is 20.2 Å². The molecule has 0 aliphatic heterocycles. The Morgan fingerprint density at radius 1 is 0.696 bits per heavy atom. The Kier molecular flexibility index (Phi) is 19.5. The summed E-state index contributed by atoms with van der Waals surface area (Å²) in [5.41, 5.74) is 6.56. The van der Waals surface area contributed by atoms with Gasteiger partial charge in [-0.15, -0.1) is 71.8 Å². The van der Waals surface area contributed by atoms with Gasteiger partial charge in [-0.3, -0.25) is 0 Å². The Balaban J connectivity index is 0.000000222. The van der Waals surface area contributed by atoms with Gasteiger partial charge in [0.25, 0.3) is 0 Å². The maximum Gasteiger partial charge on any atom is 0.0911 e. The third-order valence-electron chi connectivity index (χ3n) is 7.08. The number of pyridine rings is 2. The molecular formula is C41H46IrN2O2-2. The summed E-state index contributed by atoms with van der Waals surface area (Å²) in [4.78, 5) is 8.44. The predicted molar refractivity (Wildman–Crippen MR) is 187 cm³/mol. The number of aromatic nitrogens is 2. The van der Waals surface area contributed by atoms with Crippen LogP contribution in [0.25, 0.3) is 22.5 Å². The van der Waals surface area contributed by atoms with Gasteiger partial charge in [-0.2, -0.15) is 0 Å². The standard InChI is InChI=1S/C14H20O2.2C11H8N.C5H10.Ir/c1-3-12-4-6-13(7-5-12)8-9-14(16)10-11(2)15;2*1-2-6-10(7-3-1)11-8-4-5-9-12-11;1-2-4-5-3-1;/h4-7,10-11,15-16H,3,8-9H2,1-2H3;2*1-6,8-9H;1-5H2;/q;2*-1;;. The number of benzene rings is 3. The molecular weight excluding hydrogens is 745 g/mol. The van der Waals surface area contributed by atoms with Crippen LogP contribution in [0.2, 0.25) is 0 Å². The van der Waals surface area contributed by atoms with E-state index in [9.17, 15) is 5.11 Å². The van der Waals surface area contributed by atoms with Crippen molar-refractivity contribution in [3.63, 3.8) is 0 Å². The summed E-state index contributed by atoms with van der Waals surface area (Å²) < 4.78 is 0. The minimum atomic E-state index is -0.581. The number of hydrogen-bond acceptors (Lipinski definition) is 4. The van der Waals surface area contributed by atoms with E-state index in [1.165, 1.54) is 49.3 Å². The molecule has 3 aromatic carbocycles. The maximum absolute atomic E-state index is 9.48. The smallest absolute Gasteiger partial charge is 0.0911 e. The van der Waals surface area contributed by atoms with Crippen LogP contribution in [0.3, 0.4) is 0 Å². The van der Waals surface area contributed by atoms with Gasteiger partial charge >= 0.3 is 0 Å². The molecule has 0 bridgehead atoms. The average molecular weight is 791 g/mol. The molecule has 2 heterocycles. The summed E-state index contributed by atoms with van der Waals surface area (Å²) in [7, 11) is 0. The van der Waals surface area contributed by atoms with E-state index >= 15 is 0 Å². The second kappa shape index (κ2) is 23.4. The molecule has 1 unspecified atom stereocenters. The van der Waals surface area contributed by atoms with Crippen LogP contribution in [0.5, 0.6) is 0 Å². The number of rotatable bonds is 7. The molecule has 243 valence electrons. The van der Waals surface area contributed by atoms with Gasteiger partial charge in [-0.05, 0) is 60.5 Å². The van der Waals surface area contributed by atoms with Gasteiger partial charge in [0.2, 0.25) is 0 Å². The fraction of sp³-hybridized carbons (Fsp3) is 0.268. The first-order chi connectivity index (χ1) is 22.0. The van der Waals surface area contributed by atoms with Crippen molar-refractivity contribution in [2.45, 2.75) is 71.3 Å². The summed E-state index contributed by atoms with van der Waals surface area (Å²) in [6.07, 6.45) is 14.4. The van der Waals surface area contributed by atoms with Crippen molar-refractivity contribution < 1.29 is 30.3 Å². The van der Waals surface area contributed by atoms with Gasteiger partial charge in [0.15, 0.2) is 0 Å². The molecule has 5 heteroatoms. The van der Waals surface area contributed by atoms with Crippen LogP contribution in [0.4, 0.5) is 0 Å². The molecule has 0 spiro atoms. The van der Waals surface area contributed by atoms with E-state index in [1.54, 1.807) is 19.3 Å². The summed E-state index contributed by atoms with van der Waals surface area (Å²) in [5, 5.41) is 18.5. The van der Waals surface area contributed by atoms with Gasteiger partial charge in [0.05, 0.1) is 11.9 Å². The number of aryl methyl sites for hydroxylation is 2.